The zero-order valence-electron chi connectivity index (χ0n) is 13.8. The fourth-order valence-corrected chi connectivity index (χ4v) is 2.41. The van der Waals surface area contributed by atoms with Crippen LogP contribution in [-0.4, -0.2) is 17.5 Å². The molecule has 0 aliphatic rings. The third-order valence-corrected chi connectivity index (χ3v) is 4.04. The topological polar surface area (TPSA) is 70.6 Å². The predicted octanol–water partition coefficient (Wildman–Crippen LogP) is 4.44. The summed E-state index contributed by atoms with van der Waals surface area (Å²) in [4.78, 5) is 24.0. The van der Waals surface area contributed by atoms with Crippen molar-refractivity contribution >= 4 is 46.4 Å². The third-order valence-electron chi connectivity index (χ3n) is 3.39. The van der Waals surface area contributed by atoms with Gasteiger partial charge < -0.3 is 5.32 Å². The lowest BCUT2D eigenvalue weighted by atomic mass is 10.2. The van der Waals surface area contributed by atoms with E-state index in [-0.39, 0.29) is 12.3 Å². The van der Waals surface area contributed by atoms with Crippen molar-refractivity contribution in [3.8, 4) is 0 Å². The van der Waals surface area contributed by atoms with E-state index in [0.29, 0.717) is 27.0 Å². The van der Waals surface area contributed by atoms with Crippen molar-refractivity contribution in [3.63, 3.8) is 0 Å². The number of hydrogen-bond donors (Lipinski definition) is 2. The van der Waals surface area contributed by atoms with Crippen LogP contribution in [0.1, 0.15) is 29.3 Å². The molecule has 130 valence electrons. The molecule has 0 heterocycles. The molecule has 0 saturated carbocycles. The minimum atomic E-state index is -0.395. The average Bonchev–Trinajstić information content (AvgIpc) is 2.56. The SMILES string of the molecule is C/C(CC(=O)Nc1cccc(Cl)c1C)=N\NC(=O)c1cccc(Cl)c1. The van der Waals surface area contributed by atoms with Crippen molar-refractivity contribution < 1.29 is 9.59 Å². The molecule has 2 aromatic rings. The van der Waals surface area contributed by atoms with Crippen LogP contribution in [0, 0.1) is 6.92 Å². The molecule has 25 heavy (non-hydrogen) atoms. The van der Waals surface area contributed by atoms with Crippen LogP contribution < -0.4 is 10.7 Å². The Balaban J connectivity index is 1.93. The first-order valence-electron chi connectivity index (χ1n) is 7.51. The number of hydrogen-bond acceptors (Lipinski definition) is 3. The Morgan fingerprint density at radius 2 is 1.84 bits per heavy atom. The van der Waals surface area contributed by atoms with Gasteiger partial charge in [-0.2, -0.15) is 5.10 Å². The zero-order chi connectivity index (χ0) is 18.4. The molecule has 0 atom stereocenters. The van der Waals surface area contributed by atoms with E-state index >= 15 is 0 Å². The highest BCUT2D eigenvalue weighted by molar-refractivity contribution is 6.32. The van der Waals surface area contributed by atoms with Gasteiger partial charge in [-0.25, -0.2) is 5.43 Å². The van der Waals surface area contributed by atoms with Crippen LogP contribution in [-0.2, 0) is 4.79 Å². The largest absolute Gasteiger partial charge is 0.325 e. The van der Waals surface area contributed by atoms with Gasteiger partial charge in [-0.1, -0.05) is 35.3 Å². The van der Waals surface area contributed by atoms with Crippen LogP contribution in [0.25, 0.3) is 0 Å². The number of hydrazone groups is 1. The highest BCUT2D eigenvalue weighted by atomic mass is 35.5. The molecule has 0 spiro atoms. The fraction of sp³-hybridized carbons (Fsp3) is 0.167. The number of rotatable bonds is 5. The number of halogens is 2. The maximum absolute atomic E-state index is 12.1. The number of nitrogens with one attached hydrogen (secondary N) is 2. The Hall–Kier alpha value is -2.37. The second kappa shape index (κ2) is 8.65. The quantitative estimate of drug-likeness (QED) is 0.597. The van der Waals surface area contributed by atoms with E-state index < -0.39 is 5.91 Å². The van der Waals surface area contributed by atoms with Crippen molar-refractivity contribution in [1.29, 1.82) is 0 Å². The molecule has 0 radical (unpaired) electrons. The zero-order valence-corrected chi connectivity index (χ0v) is 15.3. The molecule has 0 bridgehead atoms. The summed E-state index contributed by atoms with van der Waals surface area (Å²) >= 11 is 11.9. The number of carbonyl (C=O) groups excluding carboxylic acids is 2. The van der Waals surface area contributed by atoms with Crippen LogP contribution in [0.15, 0.2) is 47.6 Å². The van der Waals surface area contributed by atoms with E-state index in [1.54, 1.807) is 43.3 Å². The number of benzene rings is 2. The molecule has 0 aromatic heterocycles. The van der Waals surface area contributed by atoms with E-state index in [1.165, 1.54) is 6.07 Å². The number of nitrogens with zero attached hydrogens (tertiary/aromatic N) is 1. The van der Waals surface area contributed by atoms with E-state index in [1.807, 2.05) is 6.92 Å². The van der Waals surface area contributed by atoms with E-state index in [2.05, 4.69) is 15.8 Å². The number of carbonyl (C=O) groups is 2. The fourth-order valence-electron chi connectivity index (χ4n) is 2.05. The van der Waals surface area contributed by atoms with Crippen molar-refractivity contribution in [2.24, 2.45) is 5.10 Å². The van der Waals surface area contributed by atoms with E-state index in [4.69, 9.17) is 23.2 Å². The molecule has 5 nitrogen and oxygen atoms in total. The highest BCUT2D eigenvalue weighted by Gasteiger charge is 2.09. The Bertz CT molecular complexity index is 835. The molecule has 2 N–H and O–H groups in total. The molecular weight excluding hydrogens is 361 g/mol. The van der Waals surface area contributed by atoms with Gasteiger partial charge in [0.1, 0.15) is 0 Å². The van der Waals surface area contributed by atoms with Crippen molar-refractivity contribution in [2.75, 3.05) is 5.32 Å². The monoisotopic (exact) mass is 377 g/mol. The van der Waals surface area contributed by atoms with E-state index in [9.17, 15) is 9.59 Å². The lowest BCUT2D eigenvalue weighted by Crippen LogP contribution is -2.21. The van der Waals surface area contributed by atoms with E-state index in [0.717, 1.165) is 5.56 Å². The third kappa shape index (κ3) is 5.59. The minimum Gasteiger partial charge on any atom is -0.325 e. The van der Waals surface area contributed by atoms with Gasteiger partial charge in [0.15, 0.2) is 0 Å². The van der Waals surface area contributed by atoms with Gasteiger partial charge in [-0.15, -0.1) is 0 Å². The summed E-state index contributed by atoms with van der Waals surface area (Å²) in [6.45, 7) is 3.48. The Morgan fingerprint density at radius 1 is 1.12 bits per heavy atom. The van der Waals surface area contributed by atoms with Crippen LogP contribution in [0.5, 0.6) is 0 Å². The van der Waals surface area contributed by atoms with Crippen molar-refractivity contribution in [3.05, 3.63) is 63.6 Å². The lowest BCUT2D eigenvalue weighted by molar-refractivity contribution is -0.115. The minimum absolute atomic E-state index is 0.0434. The molecule has 0 unspecified atom stereocenters. The molecule has 2 rings (SSSR count). The summed E-state index contributed by atoms with van der Waals surface area (Å²) in [5.41, 5.74) is 4.70. The highest BCUT2D eigenvalue weighted by Crippen LogP contribution is 2.22. The number of anilines is 1. The molecular formula is C18H17Cl2N3O2. The average molecular weight is 378 g/mol. The standard InChI is InChI=1S/C18H17Cl2N3O2/c1-11(22-23-18(25)13-5-3-6-14(19)10-13)9-17(24)21-16-8-4-7-15(20)12(16)2/h3-8,10H,9H2,1-2H3,(H,21,24)(H,23,25)/b22-11+. The second-order valence-corrected chi connectivity index (χ2v) is 6.28. The van der Waals surface area contributed by atoms with Gasteiger partial charge in [0.2, 0.25) is 5.91 Å². The van der Waals surface area contributed by atoms with Gasteiger partial charge in [-0.3, -0.25) is 9.59 Å². The maximum atomic E-state index is 12.1. The van der Waals surface area contributed by atoms with Gasteiger partial charge in [0, 0.05) is 27.0 Å². The normalized spacial score (nSPS) is 11.1. The van der Waals surface area contributed by atoms with Crippen molar-refractivity contribution in [1.82, 2.24) is 5.43 Å². The van der Waals surface area contributed by atoms with Crippen molar-refractivity contribution in [2.45, 2.75) is 20.3 Å². The Morgan fingerprint density at radius 3 is 2.56 bits per heavy atom. The summed E-state index contributed by atoms with van der Waals surface area (Å²) in [5, 5.41) is 7.76. The molecule has 0 saturated heterocycles. The first kappa shape index (κ1) is 19.0. The predicted molar refractivity (Wildman–Crippen MR) is 101 cm³/mol. The van der Waals surface area contributed by atoms with Crippen LogP contribution in [0.3, 0.4) is 0 Å². The summed E-state index contributed by atoms with van der Waals surface area (Å²) in [7, 11) is 0. The maximum Gasteiger partial charge on any atom is 0.271 e. The summed E-state index contributed by atoms with van der Waals surface area (Å²) in [6.07, 6.45) is 0.0434. The molecule has 0 aliphatic heterocycles. The smallest absolute Gasteiger partial charge is 0.271 e. The molecule has 0 aliphatic carbocycles. The first-order valence-corrected chi connectivity index (χ1v) is 8.26. The number of amides is 2. The van der Waals surface area contributed by atoms with Gasteiger partial charge >= 0.3 is 0 Å². The van der Waals surface area contributed by atoms with Crippen LogP contribution in [0.4, 0.5) is 5.69 Å². The Labute approximate surface area is 156 Å². The molecule has 0 fully saturated rings. The second-order valence-electron chi connectivity index (χ2n) is 5.44. The van der Waals surface area contributed by atoms with Gasteiger partial charge in [0.05, 0.1) is 6.42 Å². The summed E-state index contributed by atoms with van der Waals surface area (Å²) < 4.78 is 0. The van der Waals surface area contributed by atoms with Crippen LogP contribution in [0.2, 0.25) is 10.0 Å². The summed E-state index contributed by atoms with van der Waals surface area (Å²) in [5.74, 6) is -0.642. The first-order chi connectivity index (χ1) is 11.9. The molecule has 2 amide bonds. The molecule has 7 heteroatoms. The van der Waals surface area contributed by atoms with Crippen LogP contribution >= 0.6 is 23.2 Å². The lowest BCUT2D eigenvalue weighted by Gasteiger charge is -2.09. The Kier molecular flexibility index (Phi) is 6.56. The summed E-state index contributed by atoms with van der Waals surface area (Å²) in [6, 6.07) is 11.8. The van der Waals surface area contributed by atoms with Gasteiger partial charge in [0.25, 0.3) is 5.91 Å². The molecule has 2 aromatic carbocycles. The van der Waals surface area contributed by atoms with Gasteiger partial charge in [-0.05, 0) is 49.7 Å².